The summed E-state index contributed by atoms with van der Waals surface area (Å²) in [6.45, 7) is 4.65. The fourth-order valence-electron chi connectivity index (χ4n) is 4.02. The van der Waals surface area contributed by atoms with Gasteiger partial charge in [0.1, 0.15) is 6.04 Å². The van der Waals surface area contributed by atoms with Gasteiger partial charge in [0.25, 0.3) is 0 Å². The zero-order chi connectivity index (χ0) is 24.5. The molecule has 0 aliphatic carbocycles. The first-order chi connectivity index (χ1) is 16.4. The Hall–Kier alpha value is -3.11. The predicted molar refractivity (Wildman–Crippen MR) is 139 cm³/mol. The van der Waals surface area contributed by atoms with Gasteiger partial charge in [-0.1, -0.05) is 92.2 Å². The number of likely N-dealkylation sites (N-methyl/N-ethyl adjacent to an activating group) is 1. The van der Waals surface area contributed by atoms with Gasteiger partial charge in [0.2, 0.25) is 11.8 Å². The Morgan fingerprint density at radius 3 is 2.18 bits per heavy atom. The highest BCUT2D eigenvalue weighted by molar-refractivity contribution is 6.30. The lowest BCUT2D eigenvalue weighted by Gasteiger charge is -2.31. The summed E-state index contributed by atoms with van der Waals surface area (Å²) in [7, 11) is 1.61. The number of nitrogens with zero attached hydrogens (tertiary/aromatic N) is 1. The van der Waals surface area contributed by atoms with Crippen molar-refractivity contribution in [3.8, 4) is 0 Å². The number of halogens is 1. The van der Waals surface area contributed by atoms with Crippen LogP contribution in [0, 0.1) is 0 Å². The molecule has 34 heavy (non-hydrogen) atoms. The van der Waals surface area contributed by atoms with Crippen LogP contribution in [0.3, 0.4) is 0 Å². The number of aryl methyl sites for hydroxylation is 1. The molecule has 3 aromatic rings. The van der Waals surface area contributed by atoms with Crippen LogP contribution >= 0.6 is 11.6 Å². The molecule has 1 atom stereocenters. The Morgan fingerprint density at radius 2 is 1.56 bits per heavy atom. The molecule has 0 aromatic heterocycles. The summed E-state index contributed by atoms with van der Waals surface area (Å²) in [5.74, 6) is 0.230. The van der Waals surface area contributed by atoms with Gasteiger partial charge in [0.15, 0.2) is 0 Å². The summed E-state index contributed by atoms with van der Waals surface area (Å²) in [6.07, 6.45) is 1.38. The van der Waals surface area contributed by atoms with Gasteiger partial charge in [-0.05, 0) is 46.7 Å². The molecule has 0 aliphatic heterocycles. The van der Waals surface area contributed by atoms with Gasteiger partial charge in [0, 0.05) is 31.5 Å². The van der Waals surface area contributed by atoms with Gasteiger partial charge >= 0.3 is 0 Å². The molecule has 0 spiro atoms. The van der Waals surface area contributed by atoms with Gasteiger partial charge in [-0.2, -0.15) is 0 Å². The maximum Gasteiger partial charge on any atom is 0.242 e. The highest BCUT2D eigenvalue weighted by Crippen LogP contribution is 2.20. The van der Waals surface area contributed by atoms with E-state index >= 15 is 0 Å². The summed E-state index contributed by atoms with van der Waals surface area (Å²) in [5, 5.41) is 3.36. The molecule has 5 heteroatoms. The molecule has 3 aromatic carbocycles. The summed E-state index contributed by atoms with van der Waals surface area (Å²) in [6, 6.07) is 25.0. The molecular formula is C29H33ClN2O2. The minimum Gasteiger partial charge on any atom is -0.357 e. The summed E-state index contributed by atoms with van der Waals surface area (Å²) >= 11 is 6.20. The number of rotatable bonds is 10. The molecule has 0 saturated carbocycles. The smallest absolute Gasteiger partial charge is 0.242 e. The number of carbonyl (C=O) groups excluding carboxylic acids is 2. The molecule has 4 nitrogen and oxygen atoms in total. The Labute approximate surface area is 207 Å². The number of amides is 2. The highest BCUT2D eigenvalue weighted by atomic mass is 35.5. The van der Waals surface area contributed by atoms with Gasteiger partial charge in [0.05, 0.1) is 0 Å². The monoisotopic (exact) mass is 476 g/mol. The van der Waals surface area contributed by atoms with E-state index in [0.717, 1.165) is 16.7 Å². The zero-order valence-corrected chi connectivity index (χ0v) is 20.9. The average Bonchev–Trinajstić information content (AvgIpc) is 2.85. The van der Waals surface area contributed by atoms with Crippen LogP contribution in [0.1, 0.15) is 48.4 Å². The van der Waals surface area contributed by atoms with Crippen LogP contribution in [0.5, 0.6) is 0 Å². The standard InChI is InChI=1S/C29H33ClN2O2/c1-21(2)25-15-12-22(13-16-25)14-17-28(33)32(20-24-10-7-11-26(30)18-24)27(29(34)31-3)19-23-8-5-4-6-9-23/h4-13,15-16,18,21,27H,14,17,19-20H2,1-3H3,(H,31,34)/t27-/m1/s1. The Kier molecular flexibility index (Phi) is 9.29. The third-order valence-corrected chi connectivity index (χ3v) is 6.27. The first-order valence-electron chi connectivity index (χ1n) is 11.8. The molecule has 0 aliphatic rings. The van der Waals surface area contributed by atoms with E-state index in [1.54, 1.807) is 18.0 Å². The number of carbonyl (C=O) groups is 2. The molecule has 0 bridgehead atoms. The van der Waals surface area contributed by atoms with E-state index in [9.17, 15) is 9.59 Å². The molecule has 0 fully saturated rings. The first-order valence-corrected chi connectivity index (χ1v) is 12.1. The van der Waals surface area contributed by atoms with Crippen molar-refractivity contribution < 1.29 is 9.59 Å². The highest BCUT2D eigenvalue weighted by Gasteiger charge is 2.29. The van der Waals surface area contributed by atoms with E-state index < -0.39 is 6.04 Å². The minimum atomic E-state index is -0.623. The first kappa shape index (κ1) is 25.5. The third kappa shape index (κ3) is 7.19. The molecule has 0 saturated heterocycles. The Bertz CT molecular complexity index is 1080. The van der Waals surface area contributed by atoms with E-state index in [0.29, 0.717) is 36.7 Å². The lowest BCUT2D eigenvalue weighted by atomic mass is 9.99. The fraction of sp³-hybridized carbons (Fsp3) is 0.310. The molecule has 2 amide bonds. The van der Waals surface area contributed by atoms with Crippen LogP contribution in [-0.2, 0) is 29.0 Å². The molecular weight excluding hydrogens is 444 g/mol. The van der Waals surface area contributed by atoms with Crippen LogP contribution in [0.15, 0.2) is 78.9 Å². The molecule has 0 unspecified atom stereocenters. The molecule has 178 valence electrons. The van der Waals surface area contributed by atoms with Crippen molar-refractivity contribution in [1.82, 2.24) is 10.2 Å². The van der Waals surface area contributed by atoms with Crippen LogP contribution in [0.25, 0.3) is 0 Å². The lowest BCUT2D eigenvalue weighted by molar-refractivity contribution is -0.141. The van der Waals surface area contributed by atoms with Crippen LogP contribution in [0.2, 0.25) is 5.02 Å². The maximum atomic E-state index is 13.5. The minimum absolute atomic E-state index is 0.0579. The van der Waals surface area contributed by atoms with E-state index in [4.69, 9.17) is 11.6 Å². The summed E-state index contributed by atoms with van der Waals surface area (Å²) in [4.78, 5) is 28.2. The van der Waals surface area contributed by atoms with Crippen molar-refractivity contribution in [2.45, 2.75) is 51.6 Å². The van der Waals surface area contributed by atoms with Crippen molar-refractivity contribution in [2.75, 3.05) is 7.05 Å². The molecule has 1 N–H and O–H groups in total. The lowest BCUT2D eigenvalue weighted by Crippen LogP contribution is -2.49. The van der Waals surface area contributed by atoms with Gasteiger partial charge in [-0.15, -0.1) is 0 Å². The quantitative estimate of drug-likeness (QED) is 0.403. The largest absolute Gasteiger partial charge is 0.357 e. The molecule has 0 heterocycles. The average molecular weight is 477 g/mol. The Morgan fingerprint density at radius 1 is 0.882 bits per heavy atom. The van der Waals surface area contributed by atoms with Crippen LogP contribution < -0.4 is 5.32 Å². The number of hydrogen-bond donors (Lipinski definition) is 1. The van der Waals surface area contributed by atoms with Crippen LogP contribution in [0.4, 0.5) is 0 Å². The van der Waals surface area contributed by atoms with Crippen LogP contribution in [-0.4, -0.2) is 29.8 Å². The number of nitrogens with one attached hydrogen (secondary N) is 1. The zero-order valence-electron chi connectivity index (χ0n) is 20.1. The predicted octanol–water partition coefficient (Wildman–Crippen LogP) is 5.78. The second-order valence-electron chi connectivity index (χ2n) is 8.87. The van der Waals surface area contributed by atoms with Gasteiger partial charge in [-0.3, -0.25) is 9.59 Å². The van der Waals surface area contributed by atoms with Crippen molar-refractivity contribution in [3.63, 3.8) is 0 Å². The normalized spacial score (nSPS) is 11.8. The maximum absolute atomic E-state index is 13.5. The van der Waals surface area contributed by atoms with E-state index in [1.165, 1.54) is 5.56 Å². The summed E-state index contributed by atoms with van der Waals surface area (Å²) in [5.41, 5.74) is 4.29. The molecule has 3 rings (SSSR count). The van der Waals surface area contributed by atoms with Gasteiger partial charge in [-0.25, -0.2) is 0 Å². The van der Waals surface area contributed by atoms with E-state index in [2.05, 4.69) is 43.4 Å². The topological polar surface area (TPSA) is 49.4 Å². The third-order valence-electron chi connectivity index (χ3n) is 6.03. The van der Waals surface area contributed by atoms with E-state index in [-0.39, 0.29) is 11.8 Å². The van der Waals surface area contributed by atoms with E-state index in [1.807, 2.05) is 48.5 Å². The SMILES string of the molecule is CNC(=O)[C@@H](Cc1ccccc1)N(Cc1cccc(Cl)c1)C(=O)CCc1ccc(C(C)C)cc1. The number of hydrogen-bond acceptors (Lipinski definition) is 2. The van der Waals surface area contributed by atoms with Gasteiger partial charge < -0.3 is 10.2 Å². The Balaban J connectivity index is 1.84. The van der Waals surface area contributed by atoms with Crippen molar-refractivity contribution in [3.05, 3.63) is 106 Å². The van der Waals surface area contributed by atoms with Crippen molar-refractivity contribution >= 4 is 23.4 Å². The fourth-order valence-corrected chi connectivity index (χ4v) is 4.23. The van der Waals surface area contributed by atoms with Crippen molar-refractivity contribution in [2.24, 2.45) is 0 Å². The number of benzene rings is 3. The molecule has 0 radical (unpaired) electrons. The summed E-state index contributed by atoms with van der Waals surface area (Å²) < 4.78 is 0. The second kappa shape index (κ2) is 12.4. The van der Waals surface area contributed by atoms with Crippen molar-refractivity contribution in [1.29, 1.82) is 0 Å². The second-order valence-corrected chi connectivity index (χ2v) is 9.30.